The quantitative estimate of drug-likeness (QED) is 0.837. The van der Waals surface area contributed by atoms with Crippen LogP contribution in [0.3, 0.4) is 0 Å². The minimum absolute atomic E-state index is 0.101. The summed E-state index contributed by atoms with van der Waals surface area (Å²) in [5, 5.41) is 0. The van der Waals surface area contributed by atoms with E-state index in [9.17, 15) is 9.59 Å². The molecule has 0 bridgehead atoms. The monoisotopic (exact) mass is 347 g/mol. The van der Waals surface area contributed by atoms with E-state index in [4.69, 9.17) is 4.42 Å². The molecule has 25 heavy (non-hydrogen) atoms. The third kappa shape index (κ3) is 4.24. The highest BCUT2D eigenvalue weighted by Gasteiger charge is 2.36. The van der Waals surface area contributed by atoms with Gasteiger partial charge in [-0.15, -0.1) is 0 Å². The Bertz CT molecular complexity index is 577. The second kappa shape index (κ2) is 8.04. The van der Waals surface area contributed by atoms with Crippen LogP contribution in [0.15, 0.2) is 22.8 Å². The molecule has 0 aliphatic carbocycles. The predicted octanol–water partition coefficient (Wildman–Crippen LogP) is 2.07. The molecule has 2 aliphatic rings. The number of nitrogens with zero attached hydrogens (tertiary/aromatic N) is 3. The van der Waals surface area contributed by atoms with Crippen molar-refractivity contribution >= 4 is 11.8 Å². The zero-order valence-electron chi connectivity index (χ0n) is 15.3. The minimum Gasteiger partial charge on any atom is -0.459 e. The molecule has 0 N–H and O–H groups in total. The van der Waals surface area contributed by atoms with E-state index in [1.54, 1.807) is 17.0 Å². The van der Waals surface area contributed by atoms with Gasteiger partial charge in [-0.25, -0.2) is 0 Å². The van der Waals surface area contributed by atoms with Gasteiger partial charge in [0.2, 0.25) is 5.91 Å². The largest absolute Gasteiger partial charge is 0.459 e. The summed E-state index contributed by atoms with van der Waals surface area (Å²) in [6, 6.07) is 3.04. The molecule has 138 valence electrons. The Balaban J connectivity index is 1.62. The molecule has 0 saturated carbocycles. The number of hydrogen-bond acceptors (Lipinski definition) is 4. The van der Waals surface area contributed by atoms with Crippen LogP contribution >= 0.6 is 0 Å². The third-order valence-corrected chi connectivity index (χ3v) is 5.09. The van der Waals surface area contributed by atoms with Crippen LogP contribution in [-0.2, 0) is 4.79 Å². The number of hydrogen-bond donors (Lipinski definition) is 0. The van der Waals surface area contributed by atoms with E-state index >= 15 is 0 Å². The van der Waals surface area contributed by atoms with E-state index < -0.39 is 0 Å². The molecule has 0 radical (unpaired) electrons. The van der Waals surface area contributed by atoms with Gasteiger partial charge in [0.25, 0.3) is 5.91 Å². The molecule has 1 atom stereocenters. The highest BCUT2D eigenvalue weighted by Crippen LogP contribution is 2.22. The van der Waals surface area contributed by atoms with Crippen molar-refractivity contribution in [1.29, 1.82) is 0 Å². The standard InChI is InChI=1S/C19H29N3O3/c1-15(2)14-20-9-11-21(12-10-20)18(23)16-6-3-4-8-22(16)19(24)17-7-5-13-25-17/h5,7,13,15-16H,3-4,6,8-12,14H2,1-2H3. The van der Waals surface area contributed by atoms with Gasteiger partial charge in [-0.2, -0.15) is 0 Å². The van der Waals surface area contributed by atoms with E-state index in [0.717, 1.165) is 52.0 Å². The normalized spacial score (nSPS) is 22.4. The zero-order chi connectivity index (χ0) is 17.8. The van der Waals surface area contributed by atoms with Gasteiger partial charge in [0.15, 0.2) is 5.76 Å². The van der Waals surface area contributed by atoms with Crippen LogP contribution in [0.1, 0.15) is 43.7 Å². The van der Waals surface area contributed by atoms with Gasteiger partial charge in [0, 0.05) is 39.3 Å². The summed E-state index contributed by atoms with van der Waals surface area (Å²) in [5.74, 6) is 0.897. The van der Waals surface area contributed by atoms with Crippen molar-refractivity contribution in [1.82, 2.24) is 14.7 Å². The van der Waals surface area contributed by atoms with Crippen molar-refractivity contribution < 1.29 is 14.0 Å². The lowest BCUT2D eigenvalue weighted by atomic mass is 10.00. The molecule has 1 aromatic rings. The Morgan fingerprint density at radius 3 is 2.56 bits per heavy atom. The van der Waals surface area contributed by atoms with Crippen LogP contribution in [0.4, 0.5) is 0 Å². The van der Waals surface area contributed by atoms with E-state index in [-0.39, 0.29) is 17.9 Å². The number of furan rings is 1. The average Bonchev–Trinajstić information content (AvgIpc) is 3.15. The van der Waals surface area contributed by atoms with Gasteiger partial charge in [-0.1, -0.05) is 13.8 Å². The maximum atomic E-state index is 13.0. The van der Waals surface area contributed by atoms with Crippen molar-refractivity contribution in [3.8, 4) is 0 Å². The van der Waals surface area contributed by atoms with Crippen LogP contribution in [0.25, 0.3) is 0 Å². The fourth-order valence-electron chi connectivity index (χ4n) is 3.85. The average molecular weight is 347 g/mol. The van der Waals surface area contributed by atoms with E-state index in [1.165, 1.54) is 6.26 Å². The summed E-state index contributed by atoms with van der Waals surface area (Å²) in [4.78, 5) is 31.8. The molecule has 6 nitrogen and oxygen atoms in total. The van der Waals surface area contributed by atoms with Gasteiger partial charge in [0.1, 0.15) is 6.04 Å². The molecule has 2 saturated heterocycles. The Morgan fingerprint density at radius 2 is 1.92 bits per heavy atom. The summed E-state index contributed by atoms with van der Waals surface area (Å²) in [7, 11) is 0. The summed E-state index contributed by atoms with van der Waals surface area (Å²) < 4.78 is 5.25. The maximum Gasteiger partial charge on any atom is 0.290 e. The first kappa shape index (κ1) is 18.0. The fraction of sp³-hybridized carbons (Fsp3) is 0.684. The van der Waals surface area contributed by atoms with Gasteiger partial charge in [0.05, 0.1) is 6.26 Å². The smallest absolute Gasteiger partial charge is 0.290 e. The predicted molar refractivity (Wildman–Crippen MR) is 95.2 cm³/mol. The van der Waals surface area contributed by atoms with E-state index in [2.05, 4.69) is 18.7 Å². The summed E-state index contributed by atoms with van der Waals surface area (Å²) >= 11 is 0. The molecule has 0 aromatic carbocycles. The molecule has 0 spiro atoms. The Labute approximate surface area is 149 Å². The first-order chi connectivity index (χ1) is 12.1. The van der Waals surface area contributed by atoms with Crippen LogP contribution in [0, 0.1) is 5.92 Å². The Kier molecular flexibility index (Phi) is 5.78. The van der Waals surface area contributed by atoms with Crippen molar-refractivity contribution in [3.63, 3.8) is 0 Å². The molecule has 1 unspecified atom stereocenters. The molecule has 2 amide bonds. The van der Waals surface area contributed by atoms with Crippen LogP contribution in [0.5, 0.6) is 0 Å². The van der Waals surface area contributed by atoms with Gasteiger partial charge in [-0.05, 0) is 37.3 Å². The fourth-order valence-corrected chi connectivity index (χ4v) is 3.85. The van der Waals surface area contributed by atoms with E-state index in [1.807, 2.05) is 4.90 Å². The molecular formula is C19H29N3O3. The van der Waals surface area contributed by atoms with Gasteiger partial charge >= 0.3 is 0 Å². The molecular weight excluding hydrogens is 318 g/mol. The van der Waals surface area contributed by atoms with Gasteiger partial charge < -0.3 is 14.2 Å². The molecule has 3 heterocycles. The van der Waals surface area contributed by atoms with Gasteiger partial charge in [-0.3, -0.25) is 14.5 Å². The van der Waals surface area contributed by atoms with Crippen molar-refractivity contribution in [2.75, 3.05) is 39.3 Å². The maximum absolute atomic E-state index is 13.0. The number of piperidine rings is 1. The lowest BCUT2D eigenvalue weighted by Crippen LogP contribution is -2.57. The number of amides is 2. The number of likely N-dealkylation sites (tertiary alicyclic amines) is 1. The SMILES string of the molecule is CC(C)CN1CCN(C(=O)C2CCCCN2C(=O)c2ccco2)CC1. The third-order valence-electron chi connectivity index (χ3n) is 5.09. The van der Waals surface area contributed by atoms with Crippen molar-refractivity contribution in [3.05, 3.63) is 24.2 Å². The van der Waals surface area contributed by atoms with E-state index in [0.29, 0.717) is 18.2 Å². The Hall–Kier alpha value is -1.82. The first-order valence-corrected chi connectivity index (χ1v) is 9.42. The topological polar surface area (TPSA) is 57.0 Å². The second-order valence-electron chi connectivity index (χ2n) is 7.51. The highest BCUT2D eigenvalue weighted by molar-refractivity contribution is 5.95. The first-order valence-electron chi connectivity index (χ1n) is 9.42. The molecule has 1 aromatic heterocycles. The lowest BCUT2D eigenvalue weighted by Gasteiger charge is -2.41. The van der Waals surface area contributed by atoms with Crippen LogP contribution in [-0.4, -0.2) is 71.8 Å². The molecule has 3 rings (SSSR count). The second-order valence-corrected chi connectivity index (χ2v) is 7.51. The molecule has 2 aliphatic heterocycles. The number of carbonyl (C=O) groups excluding carboxylic acids is 2. The molecule has 2 fully saturated rings. The Morgan fingerprint density at radius 1 is 1.16 bits per heavy atom. The van der Waals surface area contributed by atoms with Crippen LogP contribution < -0.4 is 0 Å². The summed E-state index contributed by atoms with van der Waals surface area (Å²) in [6.45, 7) is 9.49. The molecule has 6 heteroatoms. The summed E-state index contributed by atoms with van der Waals surface area (Å²) in [6.07, 6.45) is 4.18. The zero-order valence-corrected chi connectivity index (χ0v) is 15.3. The number of carbonyl (C=O) groups is 2. The minimum atomic E-state index is -0.344. The lowest BCUT2D eigenvalue weighted by molar-refractivity contribution is -0.139. The van der Waals surface area contributed by atoms with Crippen LogP contribution in [0.2, 0.25) is 0 Å². The van der Waals surface area contributed by atoms with Crippen molar-refractivity contribution in [2.45, 2.75) is 39.2 Å². The highest BCUT2D eigenvalue weighted by atomic mass is 16.3. The summed E-state index contributed by atoms with van der Waals surface area (Å²) in [5.41, 5.74) is 0. The number of piperazine rings is 1. The number of rotatable bonds is 4. The van der Waals surface area contributed by atoms with Crippen molar-refractivity contribution in [2.24, 2.45) is 5.92 Å².